The van der Waals surface area contributed by atoms with Crippen molar-refractivity contribution >= 4 is 28.4 Å². The van der Waals surface area contributed by atoms with Crippen molar-refractivity contribution in [3.8, 4) is 0 Å². The molecule has 0 fully saturated rings. The Kier molecular flexibility index (Phi) is 4.45. The van der Waals surface area contributed by atoms with Gasteiger partial charge in [-0.05, 0) is 39.2 Å². The van der Waals surface area contributed by atoms with E-state index in [0.29, 0.717) is 17.1 Å². The number of rotatable bonds is 5. The number of carbonyl (C=O) groups excluding carboxylic acids is 1. The zero-order valence-corrected chi connectivity index (χ0v) is 11.9. The van der Waals surface area contributed by atoms with E-state index in [1.807, 2.05) is 26.2 Å². The Labute approximate surface area is 117 Å². The highest BCUT2D eigenvalue weighted by Crippen LogP contribution is 2.21. The maximum Gasteiger partial charge on any atom is 0.253 e. The summed E-state index contributed by atoms with van der Waals surface area (Å²) >= 11 is 5.91. The SMILES string of the molecule is CN(C)CCCNC(=O)c1c[nH]c2cc(Cl)ccc12. The molecule has 5 heteroatoms. The topological polar surface area (TPSA) is 48.1 Å². The zero-order valence-electron chi connectivity index (χ0n) is 11.2. The number of H-pyrrole nitrogens is 1. The highest BCUT2D eigenvalue weighted by molar-refractivity contribution is 6.31. The average Bonchev–Trinajstić information content (AvgIpc) is 2.77. The molecule has 0 unspecified atom stereocenters. The van der Waals surface area contributed by atoms with Gasteiger partial charge in [0, 0.05) is 28.7 Å². The molecular formula is C14H18ClN3O. The fraction of sp³-hybridized carbons (Fsp3) is 0.357. The molecule has 0 aliphatic rings. The van der Waals surface area contributed by atoms with Gasteiger partial charge < -0.3 is 15.2 Å². The van der Waals surface area contributed by atoms with Gasteiger partial charge in [0.05, 0.1) is 5.56 Å². The molecule has 2 N–H and O–H groups in total. The fourth-order valence-corrected chi connectivity index (χ4v) is 2.15. The molecule has 0 atom stereocenters. The standard InChI is InChI=1S/C14H18ClN3O/c1-18(2)7-3-6-16-14(19)12-9-17-13-8-10(15)4-5-11(12)13/h4-5,8-9,17H,3,6-7H2,1-2H3,(H,16,19). The van der Waals surface area contributed by atoms with E-state index in [4.69, 9.17) is 11.6 Å². The molecule has 0 bridgehead atoms. The highest BCUT2D eigenvalue weighted by Gasteiger charge is 2.11. The van der Waals surface area contributed by atoms with E-state index in [0.717, 1.165) is 23.9 Å². The number of halogens is 1. The summed E-state index contributed by atoms with van der Waals surface area (Å²) in [4.78, 5) is 17.2. The molecule has 1 aromatic carbocycles. The Morgan fingerprint density at radius 3 is 2.95 bits per heavy atom. The van der Waals surface area contributed by atoms with Gasteiger partial charge in [0.2, 0.25) is 0 Å². The van der Waals surface area contributed by atoms with E-state index in [1.165, 1.54) is 0 Å². The van der Waals surface area contributed by atoms with Gasteiger partial charge in [-0.3, -0.25) is 4.79 Å². The van der Waals surface area contributed by atoms with Crippen LogP contribution in [0.3, 0.4) is 0 Å². The summed E-state index contributed by atoms with van der Waals surface area (Å²) in [6.07, 6.45) is 2.66. The van der Waals surface area contributed by atoms with Crippen LogP contribution < -0.4 is 5.32 Å². The van der Waals surface area contributed by atoms with Gasteiger partial charge in [-0.2, -0.15) is 0 Å². The van der Waals surface area contributed by atoms with Crippen LogP contribution in [-0.2, 0) is 0 Å². The van der Waals surface area contributed by atoms with Crippen LogP contribution in [0.1, 0.15) is 16.8 Å². The molecule has 0 aliphatic carbocycles. The maximum atomic E-state index is 12.1. The van der Waals surface area contributed by atoms with Crippen molar-refractivity contribution in [3.05, 3.63) is 35.0 Å². The first-order valence-corrected chi connectivity index (χ1v) is 6.65. The second-order valence-electron chi connectivity index (χ2n) is 4.80. The van der Waals surface area contributed by atoms with Crippen LogP contribution in [0.2, 0.25) is 5.02 Å². The summed E-state index contributed by atoms with van der Waals surface area (Å²) in [6, 6.07) is 5.48. The Hall–Kier alpha value is -1.52. The molecule has 0 spiro atoms. The third-order valence-electron chi connectivity index (χ3n) is 2.96. The number of hydrogen-bond acceptors (Lipinski definition) is 2. The first-order valence-electron chi connectivity index (χ1n) is 6.27. The van der Waals surface area contributed by atoms with E-state index >= 15 is 0 Å². The van der Waals surface area contributed by atoms with Crippen LogP contribution in [0, 0.1) is 0 Å². The monoisotopic (exact) mass is 279 g/mol. The van der Waals surface area contributed by atoms with Crippen LogP contribution in [-0.4, -0.2) is 43.0 Å². The van der Waals surface area contributed by atoms with Gasteiger partial charge in [-0.1, -0.05) is 17.7 Å². The van der Waals surface area contributed by atoms with E-state index in [-0.39, 0.29) is 5.91 Å². The van der Waals surface area contributed by atoms with Crippen LogP contribution in [0.15, 0.2) is 24.4 Å². The van der Waals surface area contributed by atoms with Crippen molar-refractivity contribution in [1.29, 1.82) is 0 Å². The predicted octanol–water partition coefficient (Wildman–Crippen LogP) is 2.50. The quantitative estimate of drug-likeness (QED) is 0.826. The summed E-state index contributed by atoms with van der Waals surface area (Å²) in [5.74, 6) is -0.0488. The summed E-state index contributed by atoms with van der Waals surface area (Å²) in [6.45, 7) is 1.64. The molecule has 2 rings (SSSR count). The number of aromatic nitrogens is 1. The number of amides is 1. The van der Waals surface area contributed by atoms with Gasteiger partial charge in [-0.25, -0.2) is 0 Å². The van der Waals surface area contributed by atoms with Crippen LogP contribution in [0.4, 0.5) is 0 Å². The second-order valence-corrected chi connectivity index (χ2v) is 5.24. The van der Waals surface area contributed by atoms with Gasteiger partial charge in [0.15, 0.2) is 0 Å². The summed E-state index contributed by atoms with van der Waals surface area (Å²) in [5.41, 5.74) is 1.54. The number of benzene rings is 1. The van der Waals surface area contributed by atoms with Crippen molar-refractivity contribution in [3.63, 3.8) is 0 Å². The van der Waals surface area contributed by atoms with E-state index in [2.05, 4.69) is 15.2 Å². The maximum absolute atomic E-state index is 12.1. The zero-order chi connectivity index (χ0) is 13.8. The van der Waals surface area contributed by atoms with Crippen molar-refractivity contribution in [2.75, 3.05) is 27.2 Å². The molecule has 1 heterocycles. The van der Waals surface area contributed by atoms with E-state index in [9.17, 15) is 4.79 Å². The third-order valence-corrected chi connectivity index (χ3v) is 3.19. The number of carbonyl (C=O) groups is 1. The number of fused-ring (bicyclic) bond motifs is 1. The van der Waals surface area contributed by atoms with Crippen LogP contribution in [0.25, 0.3) is 10.9 Å². The molecule has 0 aliphatic heterocycles. The minimum Gasteiger partial charge on any atom is -0.360 e. The van der Waals surface area contributed by atoms with E-state index < -0.39 is 0 Å². The molecule has 4 nitrogen and oxygen atoms in total. The Morgan fingerprint density at radius 2 is 2.21 bits per heavy atom. The molecular weight excluding hydrogens is 262 g/mol. The Morgan fingerprint density at radius 1 is 1.42 bits per heavy atom. The molecule has 2 aromatic rings. The van der Waals surface area contributed by atoms with Gasteiger partial charge in [0.25, 0.3) is 5.91 Å². The number of hydrogen-bond donors (Lipinski definition) is 2. The largest absolute Gasteiger partial charge is 0.360 e. The summed E-state index contributed by atoms with van der Waals surface area (Å²) < 4.78 is 0. The van der Waals surface area contributed by atoms with Crippen molar-refractivity contribution in [2.45, 2.75) is 6.42 Å². The molecule has 19 heavy (non-hydrogen) atoms. The first-order chi connectivity index (χ1) is 9.08. The molecule has 1 aromatic heterocycles. The van der Waals surface area contributed by atoms with E-state index in [1.54, 1.807) is 12.3 Å². The molecule has 0 radical (unpaired) electrons. The number of nitrogens with zero attached hydrogens (tertiary/aromatic N) is 1. The van der Waals surface area contributed by atoms with Gasteiger partial charge in [0.1, 0.15) is 0 Å². The molecule has 102 valence electrons. The lowest BCUT2D eigenvalue weighted by molar-refractivity contribution is 0.0954. The second kappa shape index (κ2) is 6.08. The predicted molar refractivity (Wildman–Crippen MR) is 78.8 cm³/mol. The molecule has 0 saturated carbocycles. The minimum absolute atomic E-state index is 0.0488. The lowest BCUT2D eigenvalue weighted by Crippen LogP contribution is -2.26. The number of nitrogens with one attached hydrogen (secondary N) is 2. The molecule has 0 saturated heterocycles. The van der Waals surface area contributed by atoms with Crippen molar-refractivity contribution in [2.24, 2.45) is 0 Å². The lowest BCUT2D eigenvalue weighted by atomic mass is 10.1. The Balaban J connectivity index is 2.01. The average molecular weight is 280 g/mol. The minimum atomic E-state index is -0.0488. The van der Waals surface area contributed by atoms with Gasteiger partial charge in [-0.15, -0.1) is 0 Å². The smallest absolute Gasteiger partial charge is 0.253 e. The fourth-order valence-electron chi connectivity index (χ4n) is 1.98. The number of aromatic amines is 1. The van der Waals surface area contributed by atoms with Crippen LogP contribution in [0.5, 0.6) is 0 Å². The Bertz CT molecular complexity index is 577. The van der Waals surface area contributed by atoms with Crippen molar-refractivity contribution in [1.82, 2.24) is 15.2 Å². The highest BCUT2D eigenvalue weighted by atomic mass is 35.5. The van der Waals surface area contributed by atoms with Crippen molar-refractivity contribution < 1.29 is 4.79 Å². The lowest BCUT2D eigenvalue weighted by Gasteiger charge is -2.09. The van der Waals surface area contributed by atoms with Gasteiger partial charge >= 0.3 is 0 Å². The third kappa shape index (κ3) is 3.49. The molecule has 1 amide bonds. The summed E-state index contributed by atoms with van der Waals surface area (Å²) in [7, 11) is 4.04. The van der Waals surface area contributed by atoms with Crippen LogP contribution >= 0.6 is 11.6 Å². The summed E-state index contributed by atoms with van der Waals surface area (Å²) in [5, 5.41) is 4.49. The first kappa shape index (κ1) is 13.9. The normalized spacial score (nSPS) is 11.2.